The molecule has 0 fully saturated rings. The number of fused-ring (bicyclic) bond motifs is 1. The van der Waals surface area contributed by atoms with Gasteiger partial charge in [-0.05, 0) is 30.2 Å². The predicted molar refractivity (Wildman–Crippen MR) is 100 cm³/mol. The van der Waals surface area contributed by atoms with Crippen LogP contribution in [-0.4, -0.2) is 29.5 Å². The first-order valence-electron chi connectivity index (χ1n) is 8.37. The summed E-state index contributed by atoms with van der Waals surface area (Å²) in [5.74, 6) is 1.03. The van der Waals surface area contributed by atoms with Crippen molar-refractivity contribution in [3.63, 3.8) is 0 Å². The molecular formula is C20H18N4O2. The molecule has 0 unspecified atom stereocenters. The zero-order valence-corrected chi connectivity index (χ0v) is 14.3. The highest BCUT2D eigenvalue weighted by atomic mass is 16.5. The van der Waals surface area contributed by atoms with Gasteiger partial charge in [-0.15, -0.1) is 0 Å². The Morgan fingerprint density at radius 1 is 1.12 bits per heavy atom. The van der Waals surface area contributed by atoms with Gasteiger partial charge in [0.2, 0.25) is 5.95 Å². The fourth-order valence-electron chi connectivity index (χ4n) is 3.03. The fourth-order valence-corrected chi connectivity index (χ4v) is 3.03. The normalized spacial score (nSPS) is 12.6. The first-order valence-corrected chi connectivity index (χ1v) is 8.37. The number of rotatable bonds is 4. The average molecular weight is 346 g/mol. The van der Waals surface area contributed by atoms with Crippen LogP contribution in [0.5, 0.6) is 5.75 Å². The van der Waals surface area contributed by atoms with Gasteiger partial charge in [0.1, 0.15) is 5.75 Å². The monoisotopic (exact) mass is 346 g/mol. The van der Waals surface area contributed by atoms with Crippen LogP contribution in [0.1, 0.15) is 15.9 Å². The van der Waals surface area contributed by atoms with Crippen molar-refractivity contribution in [2.75, 3.05) is 23.9 Å². The molecule has 6 nitrogen and oxygen atoms in total. The lowest BCUT2D eigenvalue weighted by molar-refractivity contribution is 0.102. The van der Waals surface area contributed by atoms with E-state index in [1.54, 1.807) is 31.6 Å². The lowest BCUT2D eigenvalue weighted by Crippen LogP contribution is -2.18. The number of para-hydroxylation sites is 1. The molecule has 0 atom stereocenters. The third-order valence-electron chi connectivity index (χ3n) is 4.36. The molecule has 0 bridgehead atoms. The molecule has 0 saturated carbocycles. The van der Waals surface area contributed by atoms with Crippen molar-refractivity contribution in [1.29, 1.82) is 0 Å². The van der Waals surface area contributed by atoms with Crippen LogP contribution in [0, 0.1) is 0 Å². The van der Waals surface area contributed by atoms with Crippen LogP contribution in [0.15, 0.2) is 60.9 Å². The molecule has 0 saturated heterocycles. The minimum absolute atomic E-state index is 0.258. The lowest BCUT2D eigenvalue weighted by atomic mass is 10.2. The third-order valence-corrected chi connectivity index (χ3v) is 4.36. The van der Waals surface area contributed by atoms with Crippen LogP contribution < -0.4 is 15.0 Å². The smallest absolute Gasteiger partial charge is 0.258 e. The summed E-state index contributed by atoms with van der Waals surface area (Å²) in [6, 6.07) is 15.4. The number of anilines is 3. The number of methoxy groups -OCH3 is 1. The molecule has 1 N–H and O–H groups in total. The van der Waals surface area contributed by atoms with Crippen molar-refractivity contribution in [2.24, 2.45) is 0 Å². The maximum absolute atomic E-state index is 12.4. The minimum atomic E-state index is -0.258. The SMILES string of the molecule is COc1cccc(NC(=O)c2cnc(N3CCc4ccccc43)nc2)c1. The largest absolute Gasteiger partial charge is 0.497 e. The summed E-state index contributed by atoms with van der Waals surface area (Å²) in [4.78, 5) is 23.2. The Bertz CT molecular complexity index is 941. The highest BCUT2D eigenvalue weighted by Crippen LogP contribution is 2.31. The summed E-state index contributed by atoms with van der Waals surface area (Å²) < 4.78 is 5.16. The number of benzene rings is 2. The molecule has 2 heterocycles. The first-order chi connectivity index (χ1) is 12.7. The van der Waals surface area contributed by atoms with E-state index in [1.165, 1.54) is 5.56 Å². The number of carbonyl (C=O) groups excluding carboxylic acids is 1. The Hall–Kier alpha value is -3.41. The van der Waals surface area contributed by atoms with Gasteiger partial charge >= 0.3 is 0 Å². The Balaban J connectivity index is 1.50. The van der Waals surface area contributed by atoms with Crippen LogP contribution in [-0.2, 0) is 6.42 Å². The van der Waals surface area contributed by atoms with Crippen molar-refractivity contribution in [2.45, 2.75) is 6.42 Å². The molecule has 1 amide bonds. The summed E-state index contributed by atoms with van der Waals surface area (Å²) in [6.45, 7) is 0.842. The molecular weight excluding hydrogens is 328 g/mol. The van der Waals surface area contributed by atoms with Crippen molar-refractivity contribution >= 4 is 23.2 Å². The maximum Gasteiger partial charge on any atom is 0.258 e. The standard InChI is InChI=1S/C20H18N4O2/c1-26-17-7-4-6-16(11-17)23-19(25)15-12-21-20(22-13-15)24-10-9-14-5-2-3-8-18(14)24/h2-8,11-13H,9-10H2,1H3,(H,23,25). The van der Waals surface area contributed by atoms with Gasteiger partial charge in [-0.3, -0.25) is 4.79 Å². The Labute approximate surface area is 151 Å². The van der Waals surface area contributed by atoms with Gasteiger partial charge in [0.05, 0.1) is 12.7 Å². The van der Waals surface area contributed by atoms with E-state index in [0.29, 0.717) is 22.9 Å². The quantitative estimate of drug-likeness (QED) is 0.784. The second kappa shape index (κ2) is 6.84. The number of nitrogens with one attached hydrogen (secondary N) is 1. The van der Waals surface area contributed by atoms with Gasteiger partial charge in [-0.1, -0.05) is 24.3 Å². The van der Waals surface area contributed by atoms with Gasteiger partial charge in [-0.25, -0.2) is 9.97 Å². The Morgan fingerprint density at radius 2 is 1.92 bits per heavy atom. The van der Waals surface area contributed by atoms with Gasteiger partial charge in [0, 0.05) is 36.4 Å². The van der Waals surface area contributed by atoms with Gasteiger partial charge < -0.3 is 15.0 Å². The predicted octanol–water partition coefficient (Wildman–Crippen LogP) is 3.43. The van der Waals surface area contributed by atoms with Crippen molar-refractivity contribution in [3.05, 3.63) is 72.1 Å². The summed E-state index contributed by atoms with van der Waals surface area (Å²) in [5, 5.41) is 2.83. The van der Waals surface area contributed by atoms with Crippen LogP contribution >= 0.6 is 0 Å². The van der Waals surface area contributed by atoms with Crippen molar-refractivity contribution < 1.29 is 9.53 Å². The molecule has 130 valence electrons. The molecule has 1 aliphatic heterocycles. The molecule has 3 aromatic rings. The summed E-state index contributed by atoms with van der Waals surface area (Å²) in [7, 11) is 1.59. The summed E-state index contributed by atoms with van der Waals surface area (Å²) in [6.07, 6.45) is 4.08. The Kier molecular flexibility index (Phi) is 4.23. The van der Waals surface area contributed by atoms with Gasteiger partial charge in [0.25, 0.3) is 5.91 Å². The van der Waals surface area contributed by atoms with E-state index in [9.17, 15) is 4.79 Å². The van der Waals surface area contributed by atoms with E-state index < -0.39 is 0 Å². The van der Waals surface area contributed by atoms with Gasteiger partial charge in [0.15, 0.2) is 0 Å². The molecule has 1 aliphatic rings. The molecule has 0 aliphatic carbocycles. The lowest BCUT2D eigenvalue weighted by Gasteiger charge is -2.17. The summed E-state index contributed by atoms with van der Waals surface area (Å²) >= 11 is 0. The van der Waals surface area contributed by atoms with E-state index in [4.69, 9.17) is 4.74 Å². The zero-order chi connectivity index (χ0) is 17.9. The molecule has 6 heteroatoms. The molecule has 0 radical (unpaired) electrons. The first kappa shape index (κ1) is 16.1. The second-order valence-corrected chi connectivity index (χ2v) is 5.99. The maximum atomic E-state index is 12.4. The fraction of sp³-hybridized carbons (Fsp3) is 0.150. The number of hydrogen-bond donors (Lipinski definition) is 1. The molecule has 2 aromatic carbocycles. The van der Waals surface area contributed by atoms with Crippen molar-refractivity contribution in [3.8, 4) is 5.75 Å². The Morgan fingerprint density at radius 3 is 2.73 bits per heavy atom. The van der Waals surface area contributed by atoms with Crippen LogP contribution in [0.4, 0.5) is 17.3 Å². The van der Waals surface area contributed by atoms with E-state index in [-0.39, 0.29) is 5.91 Å². The number of ether oxygens (including phenoxy) is 1. The number of nitrogens with zero attached hydrogens (tertiary/aromatic N) is 3. The number of carbonyl (C=O) groups is 1. The number of amides is 1. The minimum Gasteiger partial charge on any atom is -0.497 e. The molecule has 4 rings (SSSR count). The van der Waals surface area contributed by atoms with E-state index in [0.717, 1.165) is 18.7 Å². The molecule has 1 aromatic heterocycles. The van der Waals surface area contributed by atoms with Crippen molar-refractivity contribution in [1.82, 2.24) is 9.97 Å². The topological polar surface area (TPSA) is 67.3 Å². The number of hydrogen-bond acceptors (Lipinski definition) is 5. The highest BCUT2D eigenvalue weighted by Gasteiger charge is 2.22. The zero-order valence-electron chi connectivity index (χ0n) is 14.3. The van der Waals surface area contributed by atoms with Crippen LogP contribution in [0.2, 0.25) is 0 Å². The summed E-state index contributed by atoms with van der Waals surface area (Å²) in [5.41, 5.74) is 3.48. The highest BCUT2D eigenvalue weighted by molar-refractivity contribution is 6.04. The average Bonchev–Trinajstić information content (AvgIpc) is 3.12. The van der Waals surface area contributed by atoms with E-state index in [2.05, 4.69) is 32.3 Å². The molecule has 26 heavy (non-hydrogen) atoms. The van der Waals surface area contributed by atoms with E-state index >= 15 is 0 Å². The van der Waals surface area contributed by atoms with Gasteiger partial charge in [-0.2, -0.15) is 0 Å². The second-order valence-electron chi connectivity index (χ2n) is 5.99. The molecule has 0 spiro atoms. The van der Waals surface area contributed by atoms with Crippen LogP contribution in [0.3, 0.4) is 0 Å². The van der Waals surface area contributed by atoms with Crippen LogP contribution in [0.25, 0.3) is 0 Å². The van der Waals surface area contributed by atoms with E-state index in [1.807, 2.05) is 24.3 Å². The third kappa shape index (κ3) is 3.09. The number of aromatic nitrogens is 2.